The molecule has 2 heterocycles. The number of nitrogens with zero attached hydrogens (tertiary/aromatic N) is 3. The third-order valence-electron chi connectivity index (χ3n) is 5.32. The Bertz CT molecular complexity index is 1090. The number of allylic oxidation sites excluding steroid dienone is 1. The number of amides is 2. The van der Waals surface area contributed by atoms with Crippen molar-refractivity contribution >= 4 is 23.7 Å². The molecule has 1 fully saturated rings. The summed E-state index contributed by atoms with van der Waals surface area (Å²) in [6.45, 7) is 9.90. The van der Waals surface area contributed by atoms with Crippen LogP contribution in [0.2, 0.25) is 0 Å². The summed E-state index contributed by atoms with van der Waals surface area (Å²) in [6, 6.07) is 9.43. The van der Waals surface area contributed by atoms with Crippen molar-refractivity contribution in [3.8, 4) is 11.3 Å². The highest BCUT2D eigenvalue weighted by molar-refractivity contribution is 6.01. The van der Waals surface area contributed by atoms with Crippen LogP contribution < -0.4 is 16.0 Å². The number of nitrogens with two attached hydrogens (primary N) is 1. The zero-order valence-electron chi connectivity index (χ0n) is 18.8. The van der Waals surface area contributed by atoms with Gasteiger partial charge in [0.05, 0.1) is 11.4 Å². The third kappa shape index (κ3) is 5.49. The van der Waals surface area contributed by atoms with Gasteiger partial charge in [0.25, 0.3) is 5.91 Å². The molecule has 0 bridgehead atoms. The lowest BCUT2D eigenvalue weighted by Gasteiger charge is -2.23. The number of anilines is 1. The molecule has 1 atom stereocenters. The molecule has 1 aromatic heterocycles. The molecule has 1 aliphatic rings. The van der Waals surface area contributed by atoms with Gasteiger partial charge >= 0.3 is 0 Å². The largest absolute Gasteiger partial charge is 0.403 e. The molecule has 3 N–H and O–H groups in total. The number of carbonyl (C=O) groups excluding carboxylic acids is 2. The van der Waals surface area contributed by atoms with E-state index in [1.165, 1.54) is 6.20 Å². The molecule has 2 amide bonds. The van der Waals surface area contributed by atoms with E-state index >= 15 is 0 Å². The fourth-order valence-electron chi connectivity index (χ4n) is 3.47. The summed E-state index contributed by atoms with van der Waals surface area (Å²) in [6.07, 6.45) is 6.05. The number of benzene rings is 1. The van der Waals surface area contributed by atoms with Crippen LogP contribution in [0.4, 0.5) is 5.69 Å². The number of nitrogens with one attached hydrogen (secondary N) is 1. The van der Waals surface area contributed by atoms with Crippen molar-refractivity contribution in [2.75, 3.05) is 11.4 Å². The number of aliphatic imine (C=N–C) groups is 1. The highest BCUT2D eigenvalue weighted by Crippen LogP contribution is 2.31. The summed E-state index contributed by atoms with van der Waals surface area (Å²) in [5.41, 5.74) is 10.4. The quantitative estimate of drug-likeness (QED) is 0.652. The van der Waals surface area contributed by atoms with Gasteiger partial charge in [-0.25, -0.2) is 0 Å². The van der Waals surface area contributed by atoms with E-state index in [1.807, 2.05) is 32.0 Å². The molecule has 32 heavy (non-hydrogen) atoms. The maximum atomic E-state index is 13.0. The molecule has 7 nitrogen and oxygen atoms in total. The van der Waals surface area contributed by atoms with Gasteiger partial charge in [0.2, 0.25) is 5.91 Å². The highest BCUT2D eigenvalue weighted by Gasteiger charge is 2.29. The molecular formula is C25H29N5O2. The Morgan fingerprint density at radius 3 is 2.78 bits per heavy atom. The third-order valence-corrected chi connectivity index (χ3v) is 5.32. The summed E-state index contributed by atoms with van der Waals surface area (Å²) in [7, 11) is 0. The summed E-state index contributed by atoms with van der Waals surface area (Å²) in [5.74, 6) is -0.203. The Hall–Kier alpha value is -3.74. The standard InChI is InChI=1S/C25H29N5O2/c1-16-5-7-23(28-13-16)20-9-21(11-22(10-20)30-19(4)6-8-24(30)31)25(32)29-15-17(2)14-27-18(3)12-26/h5,7,9-14,19H,2,6,8,15,26H2,1,3-4H3,(H,29,32)/b18-12-,27-14-. The number of hydrogen-bond donors (Lipinski definition) is 2. The predicted octanol–water partition coefficient (Wildman–Crippen LogP) is 3.75. The van der Waals surface area contributed by atoms with Crippen LogP contribution in [0.5, 0.6) is 0 Å². The molecule has 1 aromatic carbocycles. The van der Waals surface area contributed by atoms with E-state index in [1.54, 1.807) is 36.4 Å². The summed E-state index contributed by atoms with van der Waals surface area (Å²) >= 11 is 0. The van der Waals surface area contributed by atoms with Crippen molar-refractivity contribution < 1.29 is 9.59 Å². The number of aryl methyl sites for hydroxylation is 1. The lowest BCUT2D eigenvalue weighted by atomic mass is 10.0. The molecule has 0 spiro atoms. The average Bonchev–Trinajstić information content (AvgIpc) is 3.13. The molecule has 0 aliphatic carbocycles. The molecule has 1 aliphatic heterocycles. The van der Waals surface area contributed by atoms with Crippen LogP contribution in [0.1, 0.15) is 42.6 Å². The number of rotatable bonds is 7. The van der Waals surface area contributed by atoms with Crippen LogP contribution in [0.25, 0.3) is 11.3 Å². The molecular weight excluding hydrogens is 402 g/mol. The first kappa shape index (κ1) is 22.9. The van der Waals surface area contributed by atoms with E-state index in [2.05, 4.69) is 21.9 Å². The molecule has 0 radical (unpaired) electrons. The number of carbonyl (C=O) groups is 2. The van der Waals surface area contributed by atoms with Gasteiger partial charge in [0.15, 0.2) is 0 Å². The summed E-state index contributed by atoms with van der Waals surface area (Å²) in [5, 5.41) is 2.86. The second kappa shape index (κ2) is 10.0. The van der Waals surface area contributed by atoms with E-state index < -0.39 is 0 Å². The molecule has 1 unspecified atom stereocenters. The van der Waals surface area contributed by atoms with E-state index in [9.17, 15) is 9.59 Å². The lowest BCUT2D eigenvalue weighted by Crippen LogP contribution is -2.31. The maximum Gasteiger partial charge on any atom is 0.251 e. The van der Waals surface area contributed by atoms with Crippen molar-refractivity contribution in [1.29, 1.82) is 0 Å². The van der Waals surface area contributed by atoms with Crippen LogP contribution in [0.15, 0.2) is 65.6 Å². The zero-order chi connectivity index (χ0) is 23.3. The van der Waals surface area contributed by atoms with Crippen LogP contribution in [-0.4, -0.2) is 35.6 Å². The molecule has 1 saturated heterocycles. The minimum Gasteiger partial charge on any atom is -0.403 e. The summed E-state index contributed by atoms with van der Waals surface area (Å²) < 4.78 is 0. The van der Waals surface area contributed by atoms with Crippen molar-refractivity contribution in [3.05, 3.63) is 71.7 Å². The fourth-order valence-corrected chi connectivity index (χ4v) is 3.47. The number of pyridine rings is 1. The van der Waals surface area contributed by atoms with Crippen molar-refractivity contribution in [2.45, 2.75) is 39.7 Å². The minimum atomic E-state index is -0.264. The Morgan fingerprint density at radius 1 is 1.38 bits per heavy atom. The smallest absolute Gasteiger partial charge is 0.251 e. The normalized spacial score (nSPS) is 16.6. The summed E-state index contributed by atoms with van der Waals surface area (Å²) in [4.78, 5) is 35.9. The van der Waals surface area contributed by atoms with Gasteiger partial charge in [0, 0.05) is 54.4 Å². The molecule has 166 valence electrons. The lowest BCUT2D eigenvalue weighted by molar-refractivity contribution is -0.117. The van der Waals surface area contributed by atoms with Gasteiger partial charge < -0.3 is 16.0 Å². The monoisotopic (exact) mass is 431 g/mol. The molecule has 0 saturated carbocycles. The van der Waals surface area contributed by atoms with Crippen molar-refractivity contribution in [2.24, 2.45) is 10.7 Å². The first-order chi connectivity index (χ1) is 15.3. The Balaban J connectivity index is 1.89. The van der Waals surface area contributed by atoms with E-state index in [0.717, 1.165) is 23.2 Å². The first-order valence-electron chi connectivity index (χ1n) is 10.6. The predicted molar refractivity (Wildman–Crippen MR) is 129 cm³/mol. The van der Waals surface area contributed by atoms with Gasteiger partial charge in [-0.1, -0.05) is 12.6 Å². The van der Waals surface area contributed by atoms with Crippen molar-refractivity contribution in [3.63, 3.8) is 0 Å². The molecule has 3 rings (SSSR count). The van der Waals surface area contributed by atoms with Gasteiger partial charge in [-0.15, -0.1) is 0 Å². The van der Waals surface area contributed by atoms with Crippen LogP contribution in [0.3, 0.4) is 0 Å². The van der Waals surface area contributed by atoms with E-state index in [-0.39, 0.29) is 24.4 Å². The zero-order valence-corrected chi connectivity index (χ0v) is 18.8. The minimum absolute atomic E-state index is 0.0609. The first-order valence-corrected chi connectivity index (χ1v) is 10.6. The second-order valence-electron chi connectivity index (χ2n) is 8.05. The number of aromatic nitrogens is 1. The Labute approximate surface area is 188 Å². The topological polar surface area (TPSA) is 101 Å². The van der Waals surface area contributed by atoms with Gasteiger partial charge in [-0.3, -0.25) is 19.6 Å². The van der Waals surface area contributed by atoms with Crippen LogP contribution in [0, 0.1) is 6.92 Å². The van der Waals surface area contributed by atoms with Crippen LogP contribution >= 0.6 is 0 Å². The van der Waals surface area contributed by atoms with Gasteiger partial charge in [-0.05, 0) is 62.6 Å². The average molecular weight is 432 g/mol. The van der Waals surface area contributed by atoms with Gasteiger partial charge in [0.1, 0.15) is 0 Å². The number of hydrogen-bond acceptors (Lipinski definition) is 5. The molecule has 2 aromatic rings. The second-order valence-corrected chi connectivity index (χ2v) is 8.05. The highest BCUT2D eigenvalue weighted by atomic mass is 16.2. The Kier molecular flexibility index (Phi) is 7.20. The van der Waals surface area contributed by atoms with Crippen molar-refractivity contribution in [1.82, 2.24) is 10.3 Å². The SMILES string of the molecule is C=C(/C=N\C(C)=C/N)CNC(=O)c1cc(-c2ccc(C)cn2)cc(N2C(=O)CCC2C)c1. The molecule has 7 heteroatoms. The van der Waals surface area contributed by atoms with E-state index in [4.69, 9.17) is 5.73 Å². The fraction of sp³-hybridized carbons (Fsp3) is 0.280. The van der Waals surface area contributed by atoms with Crippen LogP contribution in [-0.2, 0) is 4.79 Å². The Morgan fingerprint density at radius 2 is 2.16 bits per heavy atom. The maximum absolute atomic E-state index is 13.0. The van der Waals surface area contributed by atoms with E-state index in [0.29, 0.717) is 28.9 Å². The van der Waals surface area contributed by atoms with Gasteiger partial charge in [-0.2, -0.15) is 0 Å².